The zero-order valence-corrected chi connectivity index (χ0v) is 8.74. The maximum Gasteiger partial charge on any atom is 0.0717 e. The van der Waals surface area contributed by atoms with E-state index in [1.54, 1.807) is 0 Å². The summed E-state index contributed by atoms with van der Waals surface area (Å²) in [6.45, 7) is 5.75. The molecule has 0 bridgehead atoms. The average Bonchev–Trinajstić information content (AvgIpc) is 2.94. The van der Waals surface area contributed by atoms with Crippen molar-refractivity contribution in [1.29, 1.82) is 0 Å². The van der Waals surface area contributed by atoms with Crippen molar-refractivity contribution in [2.24, 2.45) is 5.92 Å². The van der Waals surface area contributed by atoms with Gasteiger partial charge in [-0.05, 0) is 25.2 Å². The highest BCUT2D eigenvalue weighted by Crippen LogP contribution is 2.30. The molecule has 80 valence electrons. The van der Waals surface area contributed by atoms with Gasteiger partial charge in [-0.3, -0.25) is 4.90 Å². The molecule has 3 nitrogen and oxygen atoms in total. The zero-order chi connectivity index (χ0) is 9.38. The number of fused-ring (bicyclic) bond motifs is 1. The van der Waals surface area contributed by atoms with E-state index in [9.17, 15) is 0 Å². The van der Waals surface area contributed by atoms with Crippen LogP contribution in [0.3, 0.4) is 0 Å². The van der Waals surface area contributed by atoms with Crippen molar-refractivity contribution in [1.82, 2.24) is 10.2 Å². The van der Waals surface area contributed by atoms with Gasteiger partial charge in [0.2, 0.25) is 0 Å². The zero-order valence-electron chi connectivity index (χ0n) is 8.74. The summed E-state index contributed by atoms with van der Waals surface area (Å²) in [4.78, 5) is 2.59. The number of nitrogens with zero attached hydrogens (tertiary/aromatic N) is 1. The Hall–Kier alpha value is -0.120. The Kier molecular flexibility index (Phi) is 2.48. The molecule has 1 saturated carbocycles. The van der Waals surface area contributed by atoms with Crippen molar-refractivity contribution in [3.05, 3.63) is 0 Å². The van der Waals surface area contributed by atoms with Gasteiger partial charge in [-0.1, -0.05) is 0 Å². The molecule has 1 aliphatic carbocycles. The predicted molar refractivity (Wildman–Crippen MR) is 55.3 cm³/mol. The van der Waals surface area contributed by atoms with E-state index in [0.29, 0.717) is 6.10 Å². The summed E-state index contributed by atoms with van der Waals surface area (Å²) in [6, 6.07) is 0.757. The van der Waals surface area contributed by atoms with Crippen molar-refractivity contribution >= 4 is 0 Å². The van der Waals surface area contributed by atoms with Crippen LogP contribution in [-0.4, -0.2) is 49.8 Å². The third-order valence-electron chi connectivity index (χ3n) is 3.71. The van der Waals surface area contributed by atoms with Crippen molar-refractivity contribution in [2.45, 2.75) is 31.4 Å². The lowest BCUT2D eigenvalue weighted by atomic mass is 10.2. The van der Waals surface area contributed by atoms with Crippen molar-refractivity contribution < 1.29 is 4.74 Å². The van der Waals surface area contributed by atoms with Gasteiger partial charge in [0, 0.05) is 38.8 Å². The molecule has 0 aromatic rings. The van der Waals surface area contributed by atoms with E-state index < -0.39 is 0 Å². The van der Waals surface area contributed by atoms with Crippen molar-refractivity contribution in [2.75, 3.05) is 32.8 Å². The van der Waals surface area contributed by atoms with Crippen LogP contribution < -0.4 is 5.32 Å². The van der Waals surface area contributed by atoms with Gasteiger partial charge < -0.3 is 10.1 Å². The fraction of sp³-hybridized carbons (Fsp3) is 1.00. The highest BCUT2D eigenvalue weighted by Gasteiger charge is 2.34. The topological polar surface area (TPSA) is 24.5 Å². The molecule has 0 unspecified atom stereocenters. The second-order valence-corrected chi connectivity index (χ2v) is 4.99. The Balaban J connectivity index is 1.47. The Morgan fingerprint density at radius 2 is 2.29 bits per heavy atom. The Morgan fingerprint density at radius 1 is 1.36 bits per heavy atom. The number of hydrogen-bond donors (Lipinski definition) is 1. The summed E-state index contributed by atoms with van der Waals surface area (Å²) in [5, 5.41) is 3.46. The fourth-order valence-corrected chi connectivity index (χ4v) is 2.59. The fourth-order valence-electron chi connectivity index (χ4n) is 2.59. The van der Waals surface area contributed by atoms with Gasteiger partial charge in [-0.2, -0.15) is 0 Å². The smallest absolute Gasteiger partial charge is 0.0717 e. The van der Waals surface area contributed by atoms with E-state index in [2.05, 4.69) is 10.2 Å². The van der Waals surface area contributed by atoms with Crippen LogP contribution in [0.1, 0.15) is 19.3 Å². The minimum atomic E-state index is 0.528. The normalized spacial score (nSPS) is 38.6. The Labute approximate surface area is 85.8 Å². The first-order chi connectivity index (χ1) is 6.92. The predicted octanol–water partition coefficient (Wildman–Crippen LogP) is 0.459. The van der Waals surface area contributed by atoms with E-state index in [0.717, 1.165) is 25.1 Å². The number of nitrogens with one attached hydrogen (secondary N) is 1. The summed E-state index contributed by atoms with van der Waals surface area (Å²) in [7, 11) is 0. The van der Waals surface area contributed by atoms with E-state index in [-0.39, 0.29) is 0 Å². The maximum absolute atomic E-state index is 5.95. The lowest BCUT2D eigenvalue weighted by molar-refractivity contribution is 0.0520. The van der Waals surface area contributed by atoms with Crippen LogP contribution in [0.5, 0.6) is 0 Å². The number of rotatable bonds is 3. The Morgan fingerprint density at radius 3 is 3.07 bits per heavy atom. The molecular formula is C11H20N2O. The molecule has 3 rings (SSSR count). The molecule has 0 spiro atoms. The van der Waals surface area contributed by atoms with E-state index in [4.69, 9.17) is 4.74 Å². The summed E-state index contributed by atoms with van der Waals surface area (Å²) in [5.74, 6) is 0.908. The highest BCUT2D eigenvalue weighted by atomic mass is 16.5. The largest absolute Gasteiger partial charge is 0.377 e. The van der Waals surface area contributed by atoms with Gasteiger partial charge >= 0.3 is 0 Å². The maximum atomic E-state index is 5.95. The summed E-state index contributed by atoms with van der Waals surface area (Å²) >= 11 is 0. The van der Waals surface area contributed by atoms with E-state index in [1.807, 2.05) is 0 Å². The number of ether oxygens (including phenoxy) is 1. The van der Waals surface area contributed by atoms with E-state index >= 15 is 0 Å². The first kappa shape index (κ1) is 9.13. The highest BCUT2D eigenvalue weighted by molar-refractivity contribution is 4.90. The molecule has 3 fully saturated rings. The van der Waals surface area contributed by atoms with Crippen molar-refractivity contribution in [3.8, 4) is 0 Å². The summed E-state index contributed by atoms with van der Waals surface area (Å²) in [6.07, 6.45) is 4.59. The number of hydrogen-bond acceptors (Lipinski definition) is 3. The molecule has 3 aliphatic rings. The quantitative estimate of drug-likeness (QED) is 0.709. The van der Waals surface area contributed by atoms with Crippen LogP contribution in [0.4, 0.5) is 0 Å². The minimum absolute atomic E-state index is 0.528. The van der Waals surface area contributed by atoms with Gasteiger partial charge in [0.1, 0.15) is 0 Å². The molecule has 3 heteroatoms. The first-order valence-corrected chi connectivity index (χ1v) is 5.98. The van der Waals surface area contributed by atoms with Gasteiger partial charge in [0.05, 0.1) is 6.10 Å². The van der Waals surface area contributed by atoms with Gasteiger partial charge in [0.15, 0.2) is 0 Å². The van der Waals surface area contributed by atoms with Crippen LogP contribution >= 0.6 is 0 Å². The van der Waals surface area contributed by atoms with Crippen LogP contribution in [0.2, 0.25) is 0 Å². The van der Waals surface area contributed by atoms with Gasteiger partial charge in [-0.15, -0.1) is 0 Å². The second kappa shape index (κ2) is 3.80. The van der Waals surface area contributed by atoms with Crippen molar-refractivity contribution in [3.63, 3.8) is 0 Å². The third kappa shape index (κ3) is 1.95. The molecule has 1 N–H and O–H groups in total. The molecule has 14 heavy (non-hydrogen) atoms. The molecule has 2 atom stereocenters. The lowest BCUT2D eigenvalue weighted by Gasteiger charge is -2.29. The molecule has 0 aromatic carbocycles. The molecule has 2 saturated heterocycles. The standard InChI is InChI=1S/C11H20N2O/c1-2-9(1)8-14-11-5-10-6-12-3-4-13(10)7-11/h9-12H,1-8H2/t10-,11-/m0/s1. The summed E-state index contributed by atoms with van der Waals surface area (Å²) < 4.78 is 5.95. The van der Waals surface area contributed by atoms with Gasteiger partial charge in [0.25, 0.3) is 0 Å². The minimum Gasteiger partial charge on any atom is -0.377 e. The van der Waals surface area contributed by atoms with Gasteiger partial charge in [-0.25, -0.2) is 0 Å². The third-order valence-corrected chi connectivity index (χ3v) is 3.71. The van der Waals surface area contributed by atoms with Crippen LogP contribution in [-0.2, 0) is 4.74 Å². The molecular weight excluding hydrogens is 176 g/mol. The van der Waals surface area contributed by atoms with Crippen LogP contribution in [0.25, 0.3) is 0 Å². The molecule has 2 aliphatic heterocycles. The lowest BCUT2D eigenvalue weighted by Crippen LogP contribution is -2.47. The monoisotopic (exact) mass is 196 g/mol. The molecule has 2 heterocycles. The number of piperazine rings is 1. The van der Waals surface area contributed by atoms with E-state index in [1.165, 1.54) is 38.9 Å². The first-order valence-electron chi connectivity index (χ1n) is 5.98. The van der Waals surface area contributed by atoms with Crippen LogP contribution in [0.15, 0.2) is 0 Å². The molecule has 0 amide bonds. The van der Waals surface area contributed by atoms with Crippen LogP contribution in [0, 0.1) is 5.92 Å². The summed E-state index contributed by atoms with van der Waals surface area (Å²) in [5.41, 5.74) is 0. The molecule has 0 radical (unpaired) electrons. The Bertz CT molecular complexity index is 191. The average molecular weight is 196 g/mol. The molecule has 0 aromatic heterocycles. The second-order valence-electron chi connectivity index (χ2n) is 4.99. The SMILES string of the molecule is C1CN2C[C@@H](OCC3CC3)C[C@H]2CN1.